The summed E-state index contributed by atoms with van der Waals surface area (Å²) in [5, 5.41) is 3.55. The van der Waals surface area contributed by atoms with Crippen LogP contribution >= 0.6 is 0 Å². The minimum Gasteiger partial charge on any atom is -0.316 e. The fourth-order valence-electron chi connectivity index (χ4n) is 1.81. The van der Waals surface area contributed by atoms with Crippen molar-refractivity contribution in [3.8, 4) is 0 Å². The minimum absolute atomic E-state index is 0.678. The highest BCUT2D eigenvalue weighted by molar-refractivity contribution is 4.59. The molecule has 16 heavy (non-hydrogen) atoms. The van der Waals surface area contributed by atoms with Gasteiger partial charge in [0.1, 0.15) is 0 Å². The first-order valence-electron chi connectivity index (χ1n) is 6.98. The molecule has 2 heteroatoms. The predicted molar refractivity (Wildman–Crippen MR) is 73.9 cm³/mol. The highest BCUT2D eigenvalue weighted by atomic mass is 15.1. The van der Waals surface area contributed by atoms with Crippen molar-refractivity contribution in [2.45, 2.75) is 59.4 Å². The van der Waals surface area contributed by atoms with E-state index in [9.17, 15) is 0 Å². The van der Waals surface area contributed by atoms with Crippen LogP contribution in [0.15, 0.2) is 0 Å². The van der Waals surface area contributed by atoms with E-state index in [0.717, 1.165) is 5.92 Å². The summed E-state index contributed by atoms with van der Waals surface area (Å²) in [4.78, 5) is 2.42. The molecule has 1 unspecified atom stereocenters. The van der Waals surface area contributed by atoms with Gasteiger partial charge in [0.05, 0.1) is 0 Å². The zero-order valence-electron chi connectivity index (χ0n) is 12.1. The van der Waals surface area contributed by atoms with Gasteiger partial charge in [-0.15, -0.1) is 0 Å². The van der Waals surface area contributed by atoms with Crippen molar-refractivity contribution >= 4 is 0 Å². The average Bonchev–Trinajstić information content (AvgIpc) is 2.23. The molecule has 98 valence electrons. The maximum atomic E-state index is 3.55. The second-order valence-electron chi connectivity index (χ2n) is 5.38. The molecule has 1 N–H and O–H groups in total. The maximum Gasteiger partial charge on any atom is 0.00355 e. The normalized spacial score (nSPS) is 13.7. The van der Waals surface area contributed by atoms with Gasteiger partial charge >= 0.3 is 0 Å². The molecule has 0 aliphatic carbocycles. The lowest BCUT2D eigenvalue weighted by Crippen LogP contribution is -2.28. The number of rotatable bonds is 10. The molecular formula is C14H32N2. The Hall–Kier alpha value is -0.0800. The number of nitrogens with zero attached hydrogens (tertiary/aromatic N) is 1. The topological polar surface area (TPSA) is 15.3 Å². The van der Waals surface area contributed by atoms with Gasteiger partial charge in [0.15, 0.2) is 0 Å². The van der Waals surface area contributed by atoms with E-state index in [-0.39, 0.29) is 0 Å². The van der Waals surface area contributed by atoms with Gasteiger partial charge in [-0.25, -0.2) is 0 Å². The van der Waals surface area contributed by atoms with Crippen molar-refractivity contribution in [2.24, 2.45) is 5.92 Å². The summed E-state index contributed by atoms with van der Waals surface area (Å²) < 4.78 is 0. The van der Waals surface area contributed by atoms with E-state index in [4.69, 9.17) is 0 Å². The molecule has 0 aromatic heterocycles. The van der Waals surface area contributed by atoms with Crippen molar-refractivity contribution in [3.05, 3.63) is 0 Å². The summed E-state index contributed by atoms with van der Waals surface area (Å²) in [6.45, 7) is 12.7. The fraction of sp³-hybridized carbons (Fsp3) is 1.00. The molecule has 0 saturated carbocycles. The lowest BCUT2D eigenvalue weighted by molar-refractivity contribution is 0.267. The van der Waals surface area contributed by atoms with Crippen molar-refractivity contribution in [2.75, 3.05) is 26.7 Å². The lowest BCUT2D eigenvalue weighted by atomic mass is 10.1. The second-order valence-corrected chi connectivity index (χ2v) is 5.38. The van der Waals surface area contributed by atoms with Crippen LogP contribution in [0.2, 0.25) is 0 Å². The van der Waals surface area contributed by atoms with Gasteiger partial charge in [-0.05, 0) is 65.7 Å². The van der Waals surface area contributed by atoms with Crippen molar-refractivity contribution in [1.82, 2.24) is 10.2 Å². The Morgan fingerprint density at radius 2 is 1.81 bits per heavy atom. The Balaban J connectivity index is 3.21. The highest BCUT2D eigenvalue weighted by Gasteiger charge is 2.02. The average molecular weight is 228 g/mol. The molecule has 0 aliphatic rings. The Labute approximate surface area is 103 Å². The van der Waals surface area contributed by atoms with Gasteiger partial charge in [0.2, 0.25) is 0 Å². The molecule has 0 amide bonds. The molecule has 2 nitrogen and oxygen atoms in total. The Bertz CT molecular complexity index is 146. The molecule has 1 atom stereocenters. The van der Waals surface area contributed by atoms with Crippen molar-refractivity contribution < 1.29 is 0 Å². The lowest BCUT2D eigenvalue weighted by Gasteiger charge is -2.20. The summed E-state index contributed by atoms with van der Waals surface area (Å²) >= 11 is 0. The van der Waals surface area contributed by atoms with E-state index in [2.05, 4.69) is 45.0 Å². The van der Waals surface area contributed by atoms with E-state index < -0.39 is 0 Å². The quantitative estimate of drug-likeness (QED) is 0.578. The summed E-state index contributed by atoms with van der Waals surface area (Å²) in [6, 6.07) is 0.678. The zero-order valence-corrected chi connectivity index (χ0v) is 12.1. The van der Waals surface area contributed by atoms with Crippen LogP contribution in [0.1, 0.15) is 53.4 Å². The van der Waals surface area contributed by atoms with E-state index >= 15 is 0 Å². The van der Waals surface area contributed by atoms with Gasteiger partial charge in [-0.1, -0.05) is 20.3 Å². The van der Waals surface area contributed by atoms with E-state index in [1.165, 1.54) is 45.3 Å². The molecule has 0 heterocycles. The molecule has 0 aromatic carbocycles. The van der Waals surface area contributed by atoms with E-state index in [0.29, 0.717) is 6.04 Å². The maximum absolute atomic E-state index is 3.55. The fourth-order valence-corrected chi connectivity index (χ4v) is 1.81. The molecule has 0 rings (SSSR count). The SMILES string of the molecule is CCCC(C)CNCCCCN(C)C(C)C. The van der Waals surface area contributed by atoms with E-state index in [1.54, 1.807) is 0 Å². The van der Waals surface area contributed by atoms with Gasteiger partial charge in [0.25, 0.3) is 0 Å². The third kappa shape index (κ3) is 9.17. The Morgan fingerprint density at radius 3 is 2.38 bits per heavy atom. The minimum atomic E-state index is 0.678. The van der Waals surface area contributed by atoms with Gasteiger partial charge < -0.3 is 10.2 Å². The molecule has 0 radical (unpaired) electrons. The first-order valence-corrected chi connectivity index (χ1v) is 6.98. The van der Waals surface area contributed by atoms with Crippen LogP contribution < -0.4 is 5.32 Å². The zero-order chi connectivity index (χ0) is 12.4. The monoisotopic (exact) mass is 228 g/mol. The van der Waals surface area contributed by atoms with Crippen LogP contribution in [0.25, 0.3) is 0 Å². The Morgan fingerprint density at radius 1 is 1.12 bits per heavy atom. The molecule has 0 fully saturated rings. The van der Waals surface area contributed by atoms with Gasteiger partial charge in [-0.2, -0.15) is 0 Å². The molecular weight excluding hydrogens is 196 g/mol. The summed E-state index contributed by atoms with van der Waals surface area (Å²) in [5.74, 6) is 0.836. The van der Waals surface area contributed by atoms with Crippen molar-refractivity contribution in [1.29, 1.82) is 0 Å². The number of unbranched alkanes of at least 4 members (excludes halogenated alkanes) is 1. The van der Waals surface area contributed by atoms with Crippen LogP contribution in [-0.4, -0.2) is 37.6 Å². The molecule has 0 spiro atoms. The van der Waals surface area contributed by atoms with Crippen LogP contribution in [0.3, 0.4) is 0 Å². The number of hydrogen-bond donors (Lipinski definition) is 1. The first kappa shape index (κ1) is 15.9. The molecule has 0 aromatic rings. The largest absolute Gasteiger partial charge is 0.316 e. The van der Waals surface area contributed by atoms with Crippen molar-refractivity contribution in [3.63, 3.8) is 0 Å². The third-order valence-corrected chi connectivity index (χ3v) is 3.27. The smallest absolute Gasteiger partial charge is 0.00355 e. The molecule has 0 saturated heterocycles. The summed E-state index contributed by atoms with van der Waals surface area (Å²) in [5.41, 5.74) is 0. The summed E-state index contributed by atoms with van der Waals surface area (Å²) in [6.07, 6.45) is 5.27. The highest BCUT2D eigenvalue weighted by Crippen LogP contribution is 2.03. The van der Waals surface area contributed by atoms with E-state index in [1.807, 2.05) is 0 Å². The summed E-state index contributed by atoms with van der Waals surface area (Å²) in [7, 11) is 2.21. The van der Waals surface area contributed by atoms with Crippen LogP contribution in [0.5, 0.6) is 0 Å². The van der Waals surface area contributed by atoms with Gasteiger partial charge in [-0.3, -0.25) is 0 Å². The van der Waals surface area contributed by atoms with Crippen LogP contribution in [-0.2, 0) is 0 Å². The first-order chi connectivity index (χ1) is 7.57. The number of hydrogen-bond acceptors (Lipinski definition) is 2. The standard InChI is InChI=1S/C14H32N2/c1-6-9-14(4)12-15-10-7-8-11-16(5)13(2)3/h13-15H,6-12H2,1-5H3. The Kier molecular flexibility index (Phi) is 10.0. The van der Waals surface area contributed by atoms with Crippen LogP contribution in [0, 0.1) is 5.92 Å². The number of nitrogens with one attached hydrogen (secondary N) is 1. The molecule has 0 aliphatic heterocycles. The molecule has 0 bridgehead atoms. The van der Waals surface area contributed by atoms with Crippen LogP contribution in [0.4, 0.5) is 0 Å². The second kappa shape index (κ2) is 10.1. The third-order valence-electron chi connectivity index (χ3n) is 3.27. The van der Waals surface area contributed by atoms with Gasteiger partial charge in [0, 0.05) is 6.04 Å². The predicted octanol–water partition coefficient (Wildman–Crippen LogP) is 3.13.